The predicted octanol–water partition coefficient (Wildman–Crippen LogP) is 4.04. The third kappa shape index (κ3) is 3.36. The zero-order chi connectivity index (χ0) is 16.3. The van der Waals surface area contributed by atoms with E-state index in [1.165, 1.54) is 0 Å². The highest BCUT2D eigenvalue weighted by atomic mass is 16.3. The molecule has 0 saturated carbocycles. The molecule has 0 fully saturated rings. The molecule has 3 heteroatoms. The zero-order valence-electron chi connectivity index (χ0n) is 13.5. The molecule has 1 aromatic carbocycles. The molecule has 22 heavy (non-hydrogen) atoms. The van der Waals surface area contributed by atoms with E-state index in [4.69, 9.17) is 0 Å². The number of aliphatic hydroxyl groups excluding tert-OH is 1. The van der Waals surface area contributed by atoms with E-state index in [9.17, 15) is 15.3 Å². The van der Waals surface area contributed by atoms with Gasteiger partial charge in [0, 0.05) is 11.5 Å². The maximum Gasteiger partial charge on any atom is 0.123 e. The Bertz CT molecular complexity index is 563. The van der Waals surface area contributed by atoms with Gasteiger partial charge in [0.2, 0.25) is 0 Å². The molecule has 0 aliphatic heterocycles. The van der Waals surface area contributed by atoms with Crippen LogP contribution in [0.4, 0.5) is 0 Å². The maximum absolute atomic E-state index is 10.4. The van der Waals surface area contributed by atoms with Crippen LogP contribution in [-0.2, 0) is 6.42 Å². The molecule has 1 aromatic rings. The van der Waals surface area contributed by atoms with Crippen LogP contribution in [0.3, 0.4) is 0 Å². The summed E-state index contributed by atoms with van der Waals surface area (Å²) in [5.74, 6) is 0.433. The minimum Gasteiger partial charge on any atom is -0.508 e. The van der Waals surface area contributed by atoms with Crippen LogP contribution in [0.25, 0.3) is 0 Å². The van der Waals surface area contributed by atoms with Gasteiger partial charge in [-0.15, -0.1) is 0 Å². The number of rotatable bonds is 5. The first-order chi connectivity index (χ1) is 10.5. The van der Waals surface area contributed by atoms with E-state index in [0.29, 0.717) is 12.0 Å². The summed E-state index contributed by atoms with van der Waals surface area (Å²) in [4.78, 5) is 0. The number of aromatic hydroxyl groups is 2. The number of phenols is 2. The Morgan fingerprint density at radius 3 is 2.41 bits per heavy atom. The SMILES string of the molecule is C=C(C)[C@H]1CC=C(CO)C[C@@H]1c1c(O)cc(CCC)cc1O. The lowest BCUT2D eigenvalue weighted by molar-refractivity contribution is 0.309. The minimum absolute atomic E-state index is 0.0227. The molecule has 0 heterocycles. The largest absolute Gasteiger partial charge is 0.508 e. The molecule has 0 bridgehead atoms. The quantitative estimate of drug-likeness (QED) is 0.719. The number of phenolic OH excluding ortho intramolecular Hbond substituents is 2. The molecule has 0 radical (unpaired) electrons. The number of aliphatic hydroxyl groups is 1. The van der Waals surface area contributed by atoms with E-state index >= 15 is 0 Å². The lowest BCUT2D eigenvalue weighted by Gasteiger charge is -2.33. The normalized spacial score (nSPS) is 21.5. The van der Waals surface area contributed by atoms with Gasteiger partial charge in [0.25, 0.3) is 0 Å². The second kappa shape index (κ2) is 7.01. The summed E-state index contributed by atoms with van der Waals surface area (Å²) in [5.41, 5.74) is 3.53. The third-order valence-electron chi connectivity index (χ3n) is 4.57. The van der Waals surface area contributed by atoms with Crippen LogP contribution in [0.15, 0.2) is 35.9 Å². The fraction of sp³-hybridized carbons (Fsp3) is 0.474. The van der Waals surface area contributed by atoms with Crippen LogP contribution >= 0.6 is 0 Å². The van der Waals surface area contributed by atoms with Gasteiger partial charge in [-0.1, -0.05) is 31.6 Å². The van der Waals surface area contributed by atoms with Crippen molar-refractivity contribution in [3.8, 4) is 11.5 Å². The molecular weight excluding hydrogens is 276 g/mol. The third-order valence-corrected chi connectivity index (χ3v) is 4.57. The van der Waals surface area contributed by atoms with E-state index in [1.807, 2.05) is 6.92 Å². The van der Waals surface area contributed by atoms with Crippen molar-refractivity contribution in [3.05, 3.63) is 47.1 Å². The van der Waals surface area contributed by atoms with E-state index in [2.05, 4.69) is 19.6 Å². The van der Waals surface area contributed by atoms with Crippen LogP contribution in [0.2, 0.25) is 0 Å². The molecule has 3 nitrogen and oxygen atoms in total. The highest BCUT2D eigenvalue weighted by Gasteiger charge is 2.31. The summed E-state index contributed by atoms with van der Waals surface area (Å²) in [6, 6.07) is 3.51. The van der Waals surface area contributed by atoms with Crippen molar-refractivity contribution < 1.29 is 15.3 Å². The predicted molar refractivity (Wildman–Crippen MR) is 89.2 cm³/mol. The summed E-state index contributed by atoms with van der Waals surface area (Å²) in [5, 5.41) is 30.3. The van der Waals surface area contributed by atoms with Crippen LogP contribution < -0.4 is 0 Å². The molecule has 2 rings (SSSR count). The first-order valence-corrected chi connectivity index (χ1v) is 7.96. The van der Waals surface area contributed by atoms with Crippen LogP contribution in [0, 0.1) is 5.92 Å². The van der Waals surface area contributed by atoms with Crippen molar-refractivity contribution >= 4 is 0 Å². The average Bonchev–Trinajstić information content (AvgIpc) is 2.46. The van der Waals surface area contributed by atoms with E-state index in [-0.39, 0.29) is 29.9 Å². The fourth-order valence-corrected chi connectivity index (χ4v) is 3.44. The second-order valence-corrected chi connectivity index (χ2v) is 6.32. The topological polar surface area (TPSA) is 60.7 Å². The standard InChI is InChI=1S/C19H26O3/c1-4-5-13-9-17(21)19(18(22)10-13)16-8-14(11-20)6-7-15(16)12(2)3/h6,9-10,15-16,20-22H,2,4-5,7-8,11H2,1,3H3/t15-,16+/m1/s1. The summed E-state index contributed by atoms with van der Waals surface area (Å²) >= 11 is 0. The highest BCUT2D eigenvalue weighted by Crippen LogP contribution is 2.47. The Labute approximate surface area is 132 Å². The van der Waals surface area contributed by atoms with Crippen molar-refractivity contribution in [2.24, 2.45) is 5.92 Å². The van der Waals surface area contributed by atoms with E-state index < -0.39 is 0 Å². The van der Waals surface area contributed by atoms with Crippen molar-refractivity contribution in [1.82, 2.24) is 0 Å². The highest BCUT2D eigenvalue weighted by molar-refractivity contribution is 5.50. The van der Waals surface area contributed by atoms with Crippen LogP contribution in [0.1, 0.15) is 50.2 Å². The Hall–Kier alpha value is -1.74. The number of benzene rings is 1. The van der Waals surface area contributed by atoms with Crippen LogP contribution in [0.5, 0.6) is 11.5 Å². The number of allylic oxidation sites excluding steroid dienone is 2. The smallest absolute Gasteiger partial charge is 0.123 e. The molecule has 0 spiro atoms. The summed E-state index contributed by atoms with van der Waals surface area (Å²) in [6.07, 6.45) is 5.27. The zero-order valence-corrected chi connectivity index (χ0v) is 13.5. The molecule has 0 aromatic heterocycles. The summed E-state index contributed by atoms with van der Waals surface area (Å²) in [6.45, 7) is 8.13. The molecule has 1 aliphatic rings. The van der Waals surface area contributed by atoms with Crippen molar-refractivity contribution in [1.29, 1.82) is 0 Å². The van der Waals surface area contributed by atoms with Gasteiger partial charge in [0.1, 0.15) is 11.5 Å². The van der Waals surface area contributed by atoms with Gasteiger partial charge in [0.05, 0.1) is 6.61 Å². The number of aryl methyl sites for hydroxylation is 1. The van der Waals surface area contributed by atoms with Gasteiger partial charge in [-0.2, -0.15) is 0 Å². The van der Waals surface area contributed by atoms with Gasteiger partial charge < -0.3 is 15.3 Å². The lowest BCUT2D eigenvalue weighted by atomic mass is 9.72. The van der Waals surface area contributed by atoms with Gasteiger partial charge in [-0.05, 0) is 55.4 Å². The molecule has 120 valence electrons. The van der Waals surface area contributed by atoms with E-state index in [0.717, 1.165) is 36.0 Å². The van der Waals surface area contributed by atoms with Crippen molar-refractivity contribution in [2.45, 2.75) is 45.4 Å². The minimum atomic E-state index is -0.0414. The Morgan fingerprint density at radius 1 is 1.27 bits per heavy atom. The Kier molecular flexibility index (Phi) is 5.30. The summed E-state index contributed by atoms with van der Waals surface area (Å²) in [7, 11) is 0. The molecule has 0 saturated heterocycles. The Balaban J connectivity index is 2.43. The number of hydrogen-bond acceptors (Lipinski definition) is 3. The molecule has 0 amide bonds. The fourth-order valence-electron chi connectivity index (χ4n) is 3.44. The van der Waals surface area contributed by atoms with Gasteiger partial charge in [0.15, 0.2) is 0 Å². The molecule has 0 unspecified atom stereocenters. The van der Waals surface area contributed by atoms with Gasteiger partial charge in [-0.25, -0.2) is 0 Å². The first-order valence-electron chi connectivity index (χ1n) is 7.96. The second-order valence-electron chi connectivity index (χ2n) is 6.32. The van der Waals surface area contributed by atoms with E-state index in [1.54, 1.807) is 12.1 Å². The summed E-state index contributed by atoms with van der Waals surface area (Å²) < 4.78 is 0. The maximum atomic E-state index is 10.4. The molecule has 1 aliphatic carbocycles. The Morgan fingerprint density at radius 2 is 1.91 bits per heavy atom. The first kappa shape index (κ1) is 16.6. The molecule has 2 atom stereocenters. The van der Waals surface area contributed by atoms with Crippen LogP contribution in [-0.4, -0.2) is 21.9 Å². The number of hydrogen-bond donors (Lipinski definition) is 3. The lowest BCUT2D eigenvalue weighted by Crippen LogP contribution is -2.19. The van der Waals surface area contributed by atoms with Crippen molar-refractivity contribution in [3.63, 3.8) is 0 Å². The monoisotopic (exact) mass is 302 g/mol. The molecular formula is C19H26O3. The molecule has 3 N–H and O–H groups in total. The van der Waals surface area contributed by atoms with Crippen molar-refractivity contribution in [2.75, 3.05) is 6.61 Å². The van der Waals surface area contributed by atoms with Gasteiger partial charge in [-0.3, -0.25) is 0 Å². The van der Waals surface area contributed by atoms with Gasteiger partial charge >= 0.3 is 0 Å². The average molecular weight is 302 g/mol.